The third-order valence-electron chi connectivity index (χ3n) is 3.70. The summed E-state index contributed by atoms with van der Waals surface area (Å²) in [4.78, 5) is 11.4. The van der Waals surface area contributed by atoms with Gasteiger partial charge in [-0.25, -0.2) is 4.79 Å². The Labute approximate surface area is 134 Å². The summed E-state index contributed by atoms with van der Waals surface area (Å²) in [7, 11) is 0. The zero-order valence-corrected chi connectivity index (χ0v) is 14.3. The number of benzene rings is 1. The first kappa shape index (κ1) is 18.2. The molecule has 0 bridgehead atoms. The number of carboxylic acid groups (broad SMARTS) is 1. The van der Waals surface area contributed by atoms with Crippen molar-refractivity contribution in [1.29, 1.82) is 0 Å². The van der Waals surface area contributed by atoms with E-state index in [2.05, 4.69) is 45.9 Å². The zero-order valence-electron chi connectivity index (χ0n) is 14.3. The summed E-state index contributed by atoms with van der Waals surface area (Å²) in [5, 5.41) is 9.34. The number of rotatable bonds is 8. The molecule has 0 radical (unpaired) electrons. The number of carboxylic acids is 1. The monoisotopic (exact) mass is 300 g/mol. The summed E-state index contributed by atoms with van der Waals surface area (Å²) >= 11 is 0. The van der Waals surface area contributed by atoms with Crippen molar-refractivity contribution in [3.63, 3.8) is 0 Å². The van der Waals surface area contributed by atoms with Crippen LogP contribution in [0.4, 0.5) is 0 Å². The van der Waals surface area contributed by atoms with Crippen molar-refractivity contribution in [2.75, 3.05) is 0 Å². The van der Waals surface area contributed by atoms with Gasteiger partial charge < -0.3 is 5.11 Å². The summed E-state index contributed by atoms with van der Waals surface area (Å²) < 4.78 is 0. The quantitative estimate of drug-likeness (QED) is 0.637. The molecule has 1 aromatic rings. The normalized spacial score (nSPS) is 11.4. The lowest BCUT2D eigenvalue weighted by Crippen LogP contribution is -2.03. The maximum atomic E-state index is 11.4. The number of allylic oxidation sites excluding steroid dienone is 4. The van der Waals surface area contributed by atoms with Crippen LogP contribution >= 0.6 is 0 Å². The van der Waals surface area contributed by atoms with E-state index in [1.165, 1.54) is 11.1 Å². The first-order valence-corrected chi connectivity index (χ1v) is 8.08. The maximum absolute atomic E-state index is 11.4. The van der Waals surface area contributed by atoms with Gasteiger partial charge in [-0.1, -0.05) is 48.8 Å². The molecule has 0 unspecified atom stereocenters. The minimum Gasteiger partial charge on any atom is -0.478 e. The number of hydrogen-bond acceptors (Lipinski definition) is 1. The molecular weight excluding hydrogens is 272 g/mol. The molecule has 120 valence electrons. The molecule has 0 fully saturated rings. The third-order valence-corrected chi connectivity index (χ3v) is 3.70. The third kappa shape index (κ3) is 6.30. The fourth-order valence-corrected chi connectivity index (χ4v) is 2.42. The Morgan fingerprint density at radius 2 is 1.91 bits per heavy atom. The van der Waals surface area contributed by atoms with Crippen molar-refractivity contribution < 1.29 is 9.90 Å². The first-order valence-electron chi connectivity index (χ1n) is 8.08. The fraction of sp³-hybridized carbons (Fsp3) is 0.450. The van der Waals surface area contributed by atoms with E-state index in [9.17, 15) is 9.90 Å². The molecule has 0 aliphatic rings. The Bertz CT molecular complexity index is 561. The number of aryl methyl sites for hydroxylation is 1. The van der Waals surface area contributed by atoms with Crippen LogP contribution in [0.5, 0.6) is 0 Å². The van der Waals surface area contributed by atoms with Gasteiger partial charge >= 0.3 is 5.97 Å². The van der Waals surface area contributed by atoms with E-state index in [1.807, 2.05) is 12.1 Å². The van der Waals surface area contributed by atoms with Crippen LogP contribution < -0.4 is 0 Å². The van der Waals surface area contributed by atoms with Gasteiger partial charge in [-0.2, -0.15) is 0 Å². The van der Waals surface area contributed by atoms with Crippen LogP contribution in [0.15, 0.2) is 41.5 Å². The Balaban J connectivity index is 2.75. The molecule has 0 aliphatic heterocycles. The minimum atomic E-state index is -0.824. The van der Waals surface area contributed by atoms with Gasteiger partial charge in [0.15, 0.2) is 0 Å². The SMILES string of the molecule is CCCc1ccc(C/C=C(\C)CCC=C(C)C)cc1C(=O)O. The Hall–Kier alpha value is -1.83. The minimum absolute atomic E-state index is 0.454. The van der Waals surface area contributed by atoms with Crippen molar-refractivity contribution in [2.24, 2.45) is 0 Å². The van der Waals surface area contributed by atoms with E-state index in [-0.39, 0.29) is 0 Å². The first-order chi connectivity index (χ1) is 10.4. The summed E-state index contributed by atoms with van der Waals surface area (Å²) in [6.45, 7) is 8.44. The topological polar surface area (TPSA) is 37.3 Å². The van der Waals surface area contributed by atoms with Crippen molar-refractivity contribution in [1.82, 2.24) is 0 Å². The van der Waals surface area contributed by atoms with E-state index < -0.39 is 5.97 Å². The van der Waals surface area contributed by atoms with Gasteiger partial charge in [0.1, 0.15) is 0 Å². The largest absolute Gasteiger partial charge is 0.478 e. The van der Waals surface area contributed by atoms with E-state index in [4.69, 9.17) is 0 Å². The Morgan fingerprint density at radius 3 is 2.50 bits per heavy atom. The van der Waals surface area contributed by atoms with E-state index in [1.54, 1.807) is 0 Å². The molecule has 1 rings (SSSR count). The average molecular weight is 300 g/mol. The van der Waals surface area contributed by atoms with Gasteiger partial charge in [-0.05, 0) is 63.6 Å². The second-order valence-corrected chi connectivity index (χ2v) is 6.12. The van der Waals surface area contributed by atoms with Gasteiger partial charge in [-0.15, -0.1) is 0 Å². The predicted molar refractivity (Wildman–Crippen MR) is 93.5 cm³/mol. The summed E-state index contributed by atoms with van der Waals surface area (Å²) in [6, 6.07) is 5.85. The molecule has 0 aliphatic carbocycles. The number of carbonyl (C=O) groups is 1. The van der Waals surface area contributed by atoms with Crippen LogP contribution in [-0.2, 0) is 12.8 Å². The van der Waals surface area contributed by atoms with Crippen LogP contribution in [0.3, 0.4) is 0 Å². The standard InChI is InChI=1S/C20H28O2/c1-5-7-18-13-12-17(14-19(18)20(21)22)11-10-16(4)9-6-8-15(2)3/h8,10,12-14H,5-7,9,11H2,1-4H3,(H,21,22)/b16-10+. The van der Waals surface area contributed by atoms with Crippen LogP contribution in [-0.4, -0.2) is 11.1 Å². The summed E-state index contributed by atoms with van der Waals surface area (Å²) in [5.74, 6) is -0.824. The van der Waals surface area contributed by atoms with Gasteiger partial charge in [0.05, 0.1) is 5.56 Å². The van der Waals surface area contributed by atoms with Gasteiger partial charge in [0.2, 0.25) is 0 Å². The molecule has 0 amide bonds. The van der Waals surface area contributed by atoms with E-state index in [0.29, 0.717) is 5.56 Å². The lowest BCUT2D eigenvalue weighted by atomic mass is 9.98. The molecule has 0 heterocycles. The van der Waals surface area contributed by atoms with E-state index >= 15 is 0 Å². The van der Waals surface area contributed by atoms with Crippen LogP contribution in [0, 0.1) is 0 Å². The van der Waals surface area contributed by atoms with E-state index in [0.717, 1.165) is 43.2 Å². The molecular formula is C20H28O2. The van der Waals surface area contributed by atoms with Crippen LogP contribution in [0.1, 0.15) is 68.4 Å². The maximum Gasteiger partial charge on any atom is 0.335 e. The Morgan fingerprint density at radius 1 is 1.18 bits per heavy atom. The molecule has 22 heavy (non-hydrogen) atoms. The highest BCUT2D eigenvalue weighted by atomic mass is 16.4. The van der Waals surface area contributed by atoms with Gasteiger partial charge in [0, 0.05) is 0 Å². The Kier molecular flexibility index (Phi) is 7.65. The van der Waals surface area contributed by atoms with Crippen molar-refractivity contribution in [3.05, 3.63) is 58.2 Å². The molecule has 1 aromatic carbocycles. The molecule has 0 atom stereocenters. The van der Waals surface area contributed by atoms with Gasteiger partial charge in [-0.3, -0.25) is 0 Å². The van der Waals surface area contributed by atoms with Gasteiger partial charge in [0.25, 0.3) is 0 Å². The molecule has 0 spiro atoms. The van der Waals surface area contributed by atoms with Crippen LogP contribution in [0.2, 0.25) is 0 Å². The summed E-state index contributed by atoms with van der Waals surface area (Å²) in [6.07, 6.45) is 9.17. The highest BCUT2D eigenvalue weighted by Gasteiger charge is 2.09. The zero-order chi connectivity index (χ0) is 16.5. The van der Waals surface area contributed by atoms with Crippen molar-refractivity contribution in [3.8, 4) is 0 Å². The average Bonchev–Trinajstić information content (AvgIpc) is 2.45. The predicted octanol–water partition coefficient (Wildman–Crippen LogP) is 5.57. The summed E-state index contributed by atoms with van der Waals surface area (Å²) in [5.41, 5.74) is 5.16. The molecule has 2 heteroatoms. The lowest BCUT2D eigenvalue weighted by Gasteiger charge is -2.07. The highest BCUT2D eigenvalue weighted by molar-refractivity contribution is 5.89. The van der Waals surface area contributed by atoms with Crippen molar-refractivity contribution in [2.45, 2.75) is 59.8 Å². The van der Waals surface area contributed by atoms with Crippen molar-refractivity contribution >= 4 is 5.97 Å². The number of hydrogen-bond donors (Lipinski definition) is 1. The van der Waals surface area contributed by atoms with Crippen LogP contribution in [0.25, 0.3) is 0 Å². The molecule has 0 saturated carbocycles. The molecule has 0 saturated heterocycles. The molecule has 2 nitrogen and oxygen atoms in total. The second kappa shape index (κ2) is 9.24. The lowest BCUT2D eigenvalue weighted by molar-refractivity contribution is 0.0695. The molecule has 0 aromatic heterocycles. The molecule has 1 N–H and O–H groups in total. The highest BCUT2D eigenvalue weighted by Crippen LogP contribution is 2.16. The second-order valence-electron chi connectivity index (χ2n) is 6.12. The number of aromatic carboxylic acids is 1. The smallest absolute Gasteiger partial charge is 0.335 e. The fourth-order valence-electron chi connectivity index (χ4n) is 2.42.